The van der Waals surface area contributed by atoms with Crippen LogP contribution in [0.3, 0.4) is 0 Å². The Morgan fingerprint density at radius 2 is 1.76 bits per heavy atom. The van der Waals surface area contributed by atoms with E-state index in [0.29, 0.717) is 23.6 Å². The summed E-state index contributed by atoms with van der Waals surface area (Å²) in [5.74, 6) is -0.576. The standard InChI is InChI=1S/C28H24N6O3/c1-3-18-7-9-20(32-25-12-17(2)30-16-31-25)14-24(18)33-26(35)19-8-10-22-23(13-19)28(37)34(27(22)36)15-21-6-4-5-11-29-21/h4-14,16H,3,15H2,1-2H3,(H,33,35)(H,30,31,32). The zero-order chi connectivity index (χ0) is 25.9. The third kappa shape index (κ3) is 4.92. The molecule has 2 N–H and O–H groups in total. The van der Waals surface area contributed by atoms with Crippen molar-refractivity contribution >= 4 is 34.9 Å². The molecule has 0 bridgehead atoms. The fourth-order valence-corrected chi connectivity index (χ4v) is 4.17. The van der Waals surface area contributed by atoms with Gasteiger partial charge in [-0.15, -0.1) is 0 Å². The van der Waals surface area contributed by atoms with Crippen molar-refractivity contribution in [3.63, 3.8) is 0 Å². The van der Waals surface area contributed by atoms with Crippen molar-refractivity contribution in [3.8, 4) is 0 Å². The van der Waals surface area contributed by atoms with Crippen molar-refractivity contribution < 1.29 is 14.4 Å². The molecule has 0 spiro atoms. The largest absolute Gasteiger partial charge is 0.340 e. The number of rotatable bonds is 7. The minimum absolute atomic E-state index is 0.0697. The molecule has 2 aromatic carbocycles. The molecular weight excluding hydrogens is 468 g/mol. The van der Waals surface area contributed by atoms with E-state index in [4.69, 9.17) is 0 Å². The van der Waals surface area contributed by atoms with Gasteiger partial charge >= 0.3 is 0 Å². The molecule has 4 aromatic rings. The second-order valence-electron chi connectivity index (χ2n) is 8.63. The number of pyridine rings is 1. The van der Waals surface area contributed by atoms with Gasteiger partial charge in [0.05, 0.1) is 23.4 Å². The summed E-state index contributed by atoms with van der Waals surface area (Å²) in [5.41, 5.74) is 4.55. The van der Waals surface area contributed by atoms with Crippen LogP contribution in [0.25, 0.3) is 0 Å². The number of nitrogens with zero attached hydrogens (tertiary/aromatic N) is 4. The van der Waals surface area contributed by atoms with E-state index in [1.807, 2.05) is 38.1 Å². The highest BCUT2D eigenvalue weighted by Gasteiger charge is 2.36. The minimum atomic E-state index is -0.444. The number of imide groups is 1. The Hall–Kier alpha value is -4.92. The average Bonchev–Trinajstić information content (AvgIpc) is 3.14. The van der Waals surface area contributed by atoms with Crippen molar-refractivity contribution in [2.45, 2.75) is 26.8 Å². The van der Waals surface area contributed by atoms with E-state index in [0.717, 1.165) is 21.8 Å². The summed E-state index contributed by atoms with van der Waals surface area (Å²) in [7, 11) is 0. The van der Waals surface area contributed by atoms with Crippen molar-refractivity contribution in [2.24, 2.45) is 0 Å². The van der Waals surface area contributed by atoms with Crippen LogP contribution < -0.4 is 10.6 Å². The van der Waals surface area contributed by atoms with Crippen LogP contribution in [0.2, 0.25) is 0 Å². The first-order chi connectivity index (χ1) is 17.9. The SMILES string of the molecule is CCc1ccc(Nc2cc(C)ncn2)cc1NC(=O)c1ccc2c(c1)C(=O)N(Cc1ccccn1)C2=O. The smallest absolute Gasteiger partial charge is 0.261 e. The van der Waals surface area contributed by atoms with Crippen LogP contribution in [0, 0.1) is 6.92 Å². The maximum absolute atomic E-state index is 13.2. The fourth-order valence-electron chi connectivity index (χ4n) is 4.17. The van der Waals surface area contributed by atoms with Crippen LogP contribution in [-0.2, 0) is 13.0 Å². The third-order valence-corrected chi connectivity index (χ3v) is 6.09. The molecule has 0 radical (unpaired) electrons. The maximum Gasteiger partial charge on any atom is 0.261 e. The van der Waals surface area contributed by atoms with Crippen LogP contribution in [0.4, 0.5) is 17.2 Å². The highest BCUT2D eigenvalue weighted by atomic mass is 16.2. The van der Waals surface area contributed by atoms with Crippen molar-refractivity contribution in [1.82, 2.24) is 19.9 Å². The van der Waals surface area contributed by atoms with Gasteiger partial charge in [0.1, 0.15) is 12.1 Å². The average molecular weight is 493 g/mol. The van der Waals surface area contributed by atoms with Crippen molar-refractivity contribution in [3.05, 3.63) is 107 Å². The number of fused-ring (bicyclic) bond motifs is 1. The Bertz CT molecular complexity index is 1520. The van der Waals surface area contributed by atoms with Crippen LogP contribution >= 0.6 is 0 Å². The predicted octanol–water partition coefficient (Wildman–Crippen LogP) is 4.53. The Morgan fingerprint density at radius 3 is 2.51 bits per heavy atom. The number of nitrogens with one attached hydrogen (secondary N) is 2. The van der Waals surface area contributed by atoms with E-state index in [2.05, 4.69) is 25.6 Å². The van der Waals surface area contributed by atoms with Crippen molar-refractivity contribution in [1.29, 1.82) is 0 Å². The summed E-state index contributed by atoms with van der Waals surface area (Å²) in [6, 6.07) is 17.4. The predicted molar refractivity (Wildman–Crippen MR) is 139 cm³/mol. The molecule has 1 aliphatic rings. The second-order valence-corrected chi connectivity index (χ2v) is 8.63. The van der Waals surface area contributed by atoms with E-state index in [1.165, 1.54) is 18.5 Å². The minimum Gasteiger partial charge on any atom is -0.340 e. The first-order valence-corrected chi connectivity index (χ1v) is 11.8. The van der Waals surface area contributed by atoms with Gasteiger partial charge in [0.15, 0.2) is 0 Å². The summed E-state index contributed by atoms with van der Waals surface area (Å²) in [6.45, 7) is 3.95. The molecule has 1 aliphatic heterocycles. The van der Waals surface area contributed by atoms with E-state index < -0.39 is 11.8 Å². The summed E-state index contributed by atoms with van der Waals surface area (Å²) in [5, 5.41) is 6.18. The number of aromatic nitrogens is 3. The van der Waals surface area contributed by atoms with Crippen LogP contribution in [0.1, 0.15) is 54.9 Å². The molecule has 0 unspecified atom stereocenters. The van der Waals surface area contributed by atoms with Crippen LogP contribution in [0.15, 0.2) is 73.2 Å². The lowest BCUT2D eigenvalue weighted by atomic mass is 10.0. The monoisotopic (exact) mass is 492 g/mol. The van der Waals surface area contributed by atoms with Gasteiger partial charge in [0.2, 0.25) is 0 Å². The number of carbonyl (C=O) groups excluding carboxylic acids is 3. The van der Waals surface area contributed by atoms with Gasteiger partial charge in [-0.1, -0.05) is 19.1 Å². The third-order valence-electron chi connectivity index (χ3n) is 6.09. The van der Waals surface area contributed by atoms with E-state index in [9.17, 15) is 14.4 Å². The highest BCUT2D eigenvalue weighted by Crippen LogP contribution is 2.27. The summed E-state index contributed by atoms with van der Waals surface area (Å²) >= 11 is 0. The molecule has 0 saturated carbocycles. The maximum atomic E-state index is 13.2. The number of hydrogen-bond donors (Lipinski definition) is 2. The number of carbonyl (C=O) groups is 3. The molecule has 0 atom stereocenters. The van der Waals surface area contributed by atoms with Gasteiger partial charge < -0.3 is 10.6 Å². The lowest BCUT2D eigenvalue weighted by Crippen LogP contribution is -2.29. The quantitative estimate of drug-likeness (QED) is 0.364. The van der Waals surface area contributed by atoms with Gasteiger partial charge in [0, 0.05) is 34.9 Å². The molecule has 0 fully saturated rings. The number of anilines is 3. The number of aryl methyl sites for hydroxylation is 2. The van der Waals surface area contributed by atoms with E-state index in [1.54, 1.807) is 30.5 Å². The molecule has 9 nitrogen and oxygen atoms in total. The first kappa shape index (κ1) is 23.8. The van der Waals surface area contributed by atoms with Gasteiger partial charge in [-0.2, -0.15) is 0 Å². The molecule has 37 heavy (non-hydrogen) atoms. The lowest BCUT2D eigenvalue weighted by Gasteiger charge is -2.14. The van der Waals surface area contributed by atoms with E-state index in [-0.39, 0.29) is 29.1 Å². The number of hydrogen-bond acceptors (Lipinski definition) is 7. The van der Waals surface area contributed by atoms with E-state index >= 15 is 0 Å². The summed E-state index contributed by atoms with van der Waals surface area (Å²) in [4.78, 5) is 52.7. The van der Waals surface area contributed by atoms with Gasteiger partial charge in [-0.25, -0.2) is 9.97 Å². The van der Waals surface area contributed by atoms with Crippen LogP contribution in [-0.4, -0.2) is 37.6 Å². The zero-order valence-corrected chi connectivity index (χ0v) is 20.4. The zero-order valence-electron chi connectivity index (χ0n) is 20.4. The Kier molecular flexibility index (Phi) is 6.42. The van der Waals surface area contributed by atoms with Gasteiger partial charge in [-0.05, 0) is 61.4 Å². The van der Waals surface area contributed by atoms with Crippen molar-refractivity contribution in [2.75, 3.05) is 10.6 Å². The highest BCUT2D eigenvalue weighted by molar-refractivity contribution is 6.22. The Morgan fingerprint density at radius 1 is 0.919 bits per heavy atom. The molecule has 2 aromatic heterocycles. The normalized spacial score (nSPS) is 12.4. The fraction of sp³-hybridized carbons (Fsp3) is 0.143. The number of amides is 3. The lowest BCUT2D eigenvalue weighted by molar-refractivity contribution is 0.0640. The molecule has 0 aliphatic carbocycles. The van der Waals surface area contributed by atoms with Gasteiger partial charge in [-0.3, -0.25) is 24.3 Å². The summed E-state index contributed by atoms with van der Waals surface area (Å²) in [6.07, 6.45) is 3.81. The Labute approximate surface area is 213 Å². The number of benzene rings is 2. The molecule has 0 saturated heterocycles. The first-order valence-electron chi connectivity index (χ1n) is 11.8. The molecule has 3 heterocycles. The molecule has 184 valence electrons. The Balaban J connectivity index is 1.36. The van der Waals surface area contributed by atoms with Crippen LogP contribution in [0.5, 0.6) is 0 Å². The molecule has 5 rings (SSSR count). The topological polar surface area (TPSA) is 117 Å². The van der Waals surface area contributed by atoms with Gasteiger partial charge in [0.25, 0.3) is 17.7 Å². The summed E-state index contributed by atoms with van der Waals surface area (Å²) < 4.78 is 0. The molecular formula is C28H24N6O3. The molecule has 9 heteroatoms. The molecule has 3 amide bonds. The second kappa shape index (κ2) is 9.98.